The Balaban J connectivity index is 2.04. The van der Waals surface area contributed by atoms with E-state index in [0.717, 1.165) is 15.9 Å². The zero-order chi connectivity index (χ0) is 25.5. The molecule has 1 saturated heterocycles. The molecule has 1 aliphatic rings. The van der Waals surface area contributed by atoms with Gasteiger partial charge in [-0.15, -0.1) is 0 Å². The second kappa shape index (κ2) is 11.1. The van der Waals surface area contributed by atoms with Crippen molar-refractivity contribution < 1.29 is 19.5 Å². The van der Waals surface area contributed by atoms with Crippen LogP contribution in [0.2, 0.25) is 0 Å². The number of carbonyl (C=O) groups is 3. The highest BCUT2D eigenvalue weighted by molar-refractivity contribution is 7.97. The molecule has 4 rings (SSSR count). The largest absolute Gasteiger partial charge is 0.465 e. The summed E-state index contributed by atoms with van der Waals surface area (Å²) < 4.78 is 0. The van der Waals surface area contributed by atoms with E-state index in [-0.39, 0.29) is 17.7 Å². The van der Waals surface area contributed by atoms with Gasteiger partial charge >= 0.3 is 6.09 Å². The lowest BCUT2D eigenvalue weighted by Crippen LogP contribution is -2.51. The SMILES string of the molecule is N#CC(C(=O)C(CN1CCCC1=O)NC(=O)O)=P(c1ccccc1)(c1ccccc1)c1ccccc1. The molecular formula is C28H26N3O4P. The van der Waals surface area contributed by atoms with Crippen molar-refractivity contribution in [2.45, 2.75) is 18.9 Å². The van der Waals surface area contributed by atoms with Gasteiger partial charge in [-0.05, 0) is 29.2 Å². The van der Waals surface area contributed by atoms with Crippen molar-refractivity contribution in [1.29, 1.82) is 5.26 Å². The van der Waals surface area contributed by atoms with E-state index in [1.807, 2.05) is 91.0 Å². The maximum Gasteiger partial charge on any atom is 0.405 e. The molecule has 2 amide bonds. The third-order valence-electron chi connectivity index (χ3n) is 6.29. The third-order valence-corrected chi connectivity index (χ3v) is 10.5. The molecule has 1 unspecified atom stereocenters. The molecule has 8 heteroatoms. The molecule has 3 aromatic carbocycles. The molecule has 0 aromatic heterocycles. The third kappa shape index (κ3) is 4.82. The minimum absolute atomic E-state index is 0.0171. The number of carbonyl (C=O) groups excluding carboxylic acids is 2. The molecular weight excluding hydrogens is 473 g/mol. The number of hydrogen-bond donors (Lipinski definition) is 2. The molecule has 36 heavy (non-hydrogen) atoms. The number of hydrogen-bond acceptors (Lipinski definition) is 4. The Morgan fingerprint density at radius 2 is 1.39 bits per heavy atom. The zero-order valence-corrected chi connectivity index (χ0v) is 20.5. The molecule has 3 aromatic rings. The number of likely N-dealkylation sites (tertiary alicyclic amines) is 1. The number of rotatable bonds is 8. The van der Waals surface area contributed by atoms with Gasteiger partial charge in [-0.2, -0.15) is 5.26 Å². The van der Waals surface area contributed by atoms with E-state index in [4.69, 9.17) is 0 Å². The second-order valence-electron chi connectivity index (χ2n) is 8.45. The standard InChI is InChI=1S/C28H26N3O4P/c29-19-25(27(33)24(30-28(34)35)20-31-18-10-17-26(31)32)36(21-11-4-1-5-12-21,22-13-6-2-7-14-22)23-15-8-3-9-16-23/h1-9,11-16,24,30H,10,17-18,20H2,(H,34,35). The summed E-state index contributed by atoms with van der Waals surface area (Å²) in [5.74, 6) is -0.752. The molecule has 0 aliphatic carbocycles. The molecule has 1 aliphatic heterocycles. The van der Waals surface area contributed by atoms with E-state index < -0.39 is 24.8 Å². The first-order valence-electron chi connectivity index (χ1n) is 11.6. The van der Waals surface area contributed by atoms with Crippen LogP contribution in [0.4, 0.5) is 4.79 Å². The summed E-state index contributed by atoms with van der Waals surface area (Å²) in [4.78, 5) is 39.6. The fourth-order valence-electron chi connectivity index (χ4n) is 4.71. The number of nitriles is 1. The van der Waals surface area contributed by atoms with Crippen molar-refractivity contribution in [3.8, 4) is 6.07 Å². The molecule has 0 radical (unpaired) electrons. The lowest BCUT2D eigenvalue weighted by Gasteiger charge is -2.31. The summed E-state index contributed by atoms with van der Waals surface area (Å²) in [6, 6.07) is 29.2. The van der Waals surface area contributed by atoms with E-state index >= 15 is 0 Å². The monoisotopic (exact) mass is 499 g/mol. The van der Waals surface area contributed by atoms with Gasteiger partial charge in [0.1, 0.15) is 17.4 Å². The van der Waals surface area contributed by atoms with Crippen LogP contribution < -0.4 is 21.2 Å². The molecule has 0 saturated carbocycles. The van der Waals surface area contributed by atoms with Gasteiger partial charge in [0.25, 0.3) is 0 Å². The van der Waals surface area contributed by atoms with Crippen LogP contribution in [0, 0.1) is 11.3 Å². The molecule has 182 valence electrons. The van der Waals surface area contributed by atoms with Crippen LogP contribution in [-0.4, -0.2) is 52.2 Å². The number of benzene rings is 3. The van der Waals surface area contributed by atoms with E-state index in [9.17, 15) is 24.8 Å². The maximum absolute atomic E-state index is 14.2. The summed E-state index contributed by atoms with van der Waals surface area (Å²) >= 11 is 0. The number of ketones is 1. The molecule has 0 bridgehead atoms. The Hall–Kier alpha value is -4.14. The molecule has 0 spiro atoms. The maximum atomic E-state index is 14.2. The average molecular weight is 500 g/mol. The smallest absolute Gasteiger partial charge is 0.405 e. The van der Waals surface area contributed by atoms with Gasteiger partial charge in [-0.3, -0.25) is 9.59 Å². The quantitative estimate of drug-likeness (QED) is 0.463. The van der Waals surface area contributed by atoms with Crippen LogP contribution in [0.15, 0.2) is 91.0 Å². The van der Waals surface area contributed by atoms with Gasteiger partial charge in [0.05, 0.1) is 0 Å². The van der Waals surface area contributed by atoms with E-state index in [2.05, 4.69) is 11.4 Å². The van der Waals surface area contributed by atoms with Gasteiger partial charge in [0.2, 0.25) is 5.91 Å². The topological polar surface area (TPSA) is 111 Å². The highest BCUT2D eigenvalue weighted by atomic mass is 31.2. The fraction of sp³-hybridized carbons (Fsp3) is 0.179. The van der Waals surface area contributed by atoms with Crippen LogP contribution in [0.5, 0.6) is 0 Å². The Bertz CT molecular complexity index is 1250. The van der Waals surface area contributed by atoms with E-state index in [1.165, 1.54) is 4.90 Å². The Kier molecular flexibility index (Phi) is 7.68. The Morgan fingerprint density at radius 3 is 1.75 bits per heavy atom. The van der Waals surface area contributed by atoms with Crippen molar-refractivity contribution in [1.82, 2.24) is 10.2 Å². The molecule has 1 fully saturated rings. The fourth-order valence-corrected chi connectivity index (χ4v) is 8.87. The zero-order valence-electron chi connectivity index (χ0n) is 19.6. The van der Waals surface area contributed by atoms with Gasteiger partial charge in [0.15, 0.2) is 5.78 Å². The van der Waals surface area contributed by atoms with Crippen LogP contribution >= 0.6 is 6.89 Å². The van der Waals surface area contributed by atoms with Crippen LogP contribution in [0.3, 0.4) is 0 Å². The predicted molar refractivity (Wildman–Crippen MR) is 142 cm³/mol. The van der Waals surface area contributed by atoms with Gasteiger partial charge in [-0.1, -0.05) is 91.0 Å². The number of carboxylic acid groups (broad SMARTS) is 1. The predicted octanol–water partition coefficient (Wildman–Crippen LogP) is 2.50. The highest BCUT2D eigenvalue weighted by Gasteiger charge is 2.38. The number of nitrogens with zero attached hydrogens (tertiary/aromatic N) is 2. The van der Waals surface area contributed by atoms with Gasteiger partial charge < -0.3 is 15.3 Å². The van der Waals surface area contributed by atoms with Gasteiger partial charge in [-0.25, -0.2) is 4.79 Å². The van der Waals surface area contributed by atoms with Crippen LogP contribution in [-0.2, 0) is 9.59 Å². The number of nitrogens with one attached hydrogen (secondary N) is 1. The minimum Gasteiger partial charge on any atom is -0.465 e. The first-order valence-corrected chi connectivity index (χ1v) is 13.4. The van der Waals surface area contributed by atoms with Crippen molar-refractivity contribution >= 4 is 45.9 Å². The first kappa shape index (κ1) is 25.0. The summed E-state index contributed by atoms with van der Waals surface area (Å²) in [5, 5.41) is 24.8. The van der Waals surface area contributed by atoms with Crippen molar-refractivity contribution in [3.63, 3.8) is 0 Å². The van der Waals surface area contributed by atoms with Crippen molar-refractivity contribution in [2.24, 2.45) is 0 Å². The van der Waals surface area contributed by atoms with Crippen LogP contribution in [0.1, 0.15) is 12.8 Å². The van der Waals surface area contributed by atoms with Gasteiger partial charge in [0, 0.05) is 19.5 Å². The summed E-state index contributed by atoms with van der Waals surface area (Å²) in [5.41, 5.74) is 0. The molecule has 2 N–H and O–H groups in total. The van der Waals surface area contributed by atoms with Crippen molar-refractivity contribution in [3.05, 3.63) is 91.0 Å². The van der Waals surface area contributed by atoms with E-state index in [1.54, 1.807) is 0 Å². The molecule has 1 heterocycles. The first-order chi connectivity index (χ1) is 17.5. The minimum atomic E-state index is -3.01. The lowest BCUT2D eigenvalue weighted by molar-refractivity contribution is -0.128. The average Bonchev–Trinajstić information content (AvgIpc) is 3.32. The summed E-state index contributed by atoms with van der Waals surface area (Å²) in [6.07, 6.45) is -0.380. The molecule has 1 atom stereocenters. The molecule has 7 nitrogen and oxygen atoms in total. The van der Waals surface area contributed by atoms with Crippen molar-refractivity contribution in [2.75, 3.05) is 13.1 Å². The summed E-state index contributed by atoms with van der Waals surface area (Å²) in [6.45, 7) is -2.68. The lowest BCUT2D eigenvalue weighted by atomic mass is 10.1. The second-order valence-corrected chi connectivity index (χ2v) is 11.8. The summed E-state index contributed by atoms with van der Waals surface area (Å²) in [7, 11) is 0. The van der Waals surface area contributed by atoms with Crippen LogP contribution in [0.25, 0.3) is 0 Å². The Labute approximate surface area is 210 Å². The normalized spacial score (nSPS) is 14.1. The van der Waals surface area contributed by atoms with E-state index in [0.29, 0.717) is 19.4 Å². The highest BCUT2D eigenvalue weighted by Crippen LogP contribution is 2.46. The number of amides is 2. The number of Topliss-reactive ketones (excluding diaryl/α,β-unsaturated/α-hetero) is 1. The Morgan fingerprint density at radius 1 is 0.917 bits per heavy atom.